The molecular formula is C20H23FN2O5S. The zero-order valence-corrected chi connectivity index (χ0v) is 17.3. The summed E-state index contributed by atoms with van der Waals surface area (Å²) in [6.07, 6.45) is -0.693. The average molecular weight is 422 g/mol. The molecule has 1 aromatic carbocycles. The fourth-order valence-corrected chi connectivity index (χ4v) is 5.30. The minimum absolute atomic E-state index is 0.0537. The Bertz CT molecular complexity index is 1070. The molecule has 1 amide bonds. The van der Waals surface area contributed by atoms with Gasteiger partial charge >= 0.3 is 5.97 Å². The average Bonchev–Trinajstić information content (AvgIpc) is 3.00. The summed E-state index contributed by atoms with van der Waals surface area (Å²) in [5.74, 6) is -1.59. The number of ether oxygens (including phenoxy) is 1. The van der Waals surface area contributed by atoms with Crippen LogP contribution in [0.5, 0.6) is 0 Å². The first-order valence-corrected chi connectivity index (χ1v) is 11.2. The predicted molar refractivity (Wildman–Crippen MR) is 106 cm³/mol. The minimum atomic E-state index is -3.14. The minimum Gasteiger partial charge on any atom is -0.449 e. The lowest BCUT2D eigenvalue weighted by Gasteiger charge is -2.29. The number of rotatable bonds is 5. The Morgan fingerprint density at radius 3 is 2.69 bits per heavy atom. The van der Waals surface area contributed by atoms with E-state index in [2.05, 4.69) is 4.98 Å². The third-order valence-corrected chi connectivity index (χ3v) is 6.85. The molecule has 2 aromatic rings. The van der Waals surface area contributed by atoms with Gasteiger partial charge in [0, 0.05) is 24.0 Å². The molecule has 1 aliphatic rings. The Hall–Kier alpha value is -2.55. The molecule has 0 bridgehead atoms. The van der Waals surface area contributed by atoms with Crippen LogP contribution in [-0.2, 0) is 19.4 Å². The molecule has 156 valence electrons. The number of hydrogen-bond acceptors (Lipinski definition) is 6. The molecule has 29 heavy (non-hydrogen) atoms. The van der Waals surface area contributed by atoms with Crippen molar-refractivity contribution in [1.29, 1.82) is 0 Å². The molecule has 0 radical (unpaired) electrons. The third kappa shape index (κ3) is 4.55. The lowest BCUT2D eigenvalue weighted by Crippen LogP contribution is -2.46. The van der Waals surface area contributed by atoms with E-state index < -0.39 is 39.7 Å². The van der Waals surface area contributed by atoms with E-state index >= 15 is 0 Å². The molecule has 1 aliphatic heterocycles. The van der Waals surface area contributed by atoms with Crippen LogP contribution in [0.1, 0.15) is 36.3 Å². The molecule has 0 spiro atoms. The topological polar surface area (TPSA) is 93.6 Å². The van der Waals surface area contributed by atoms with Crippen molar-refractivity contribution in [2.24, 2.45) is 0 Å². The molecule has 7 nitrogen and oxygen atoms in total. The molecule has 0 aliphatic carbocycles. The highest BCUT2D eigenvalue weighted by Gasteiger charge is 2.36. The van der Waals surface area contributed by atoms with E-state index in [1.807, 2.05) is 0 Å². The van der Waals surface area contributed by atoms with E-state index in [1.54, 1.807) is 19.9 Å². The zero-order chi connectivity index (χ0) is 21.3. The van der Waals surface area contributed by atoms with Crippen LogP contribution in [0, 0.1) is 12.7 Å². The summed E-state index contributed by atoms with van der Waals surface area (Å²) in [5, 5.41) is 0.578. The standard InChI is InChI=1S/C20H23FN2O5S/c1-4-23(16-7-8-29(26,27)11-16)19(24)13(3)28-20(25)17-9-14-5-6-15(21)10-18(14)22-12(17)2/h5-6,9-10,13,16H,4,7-8,11H2,1-3H3/t13-,16-/m1/s1. The fourth-order valence-electron chi connectivity index (χ4n) is 3.57. The number of hydrogen-bond donors (Lipinski definition) is 0. The molecule has 1 saturated heterocycles. The van der Waals surface area contributed by atoms with Gasteiger partial charge in [0.05, 0.1) is 28.3 Å². The van der Waals surface area contributed by atoms with Gasteiger partial charge in [-0.1, -0.05) is 0 Å². The largest absolute Gasteiger partial charge is 0.449 e. The van der Waals surface area contributed by atoms with Crippen molar-refractivity contribution >= 4 is 32.6 Å². The third-order valence-electron chi connectivity index (χ3n) is 5.09. The number of esters is 1. The van der Waals surface area contributed by atoms with Crippen molar-refractivity contribution in [2.75, 3.05) is 18.1 Å². The van der Waals surface area contributed by atoms with Gasteiger partial charge in [-0.05, 0) is 45.4 Å². The van der Waals surface area contributed by atoms with Gasteiger partial charge in [0.15, 0.2) is 15.9 Å². The van der Waals surface area contributed by atoms with Crippen molar-refractivity contribution in [3.63, 3.8) is 0 Å². The van der Waals surface area contributed by atoms with Crippen LogP contribution in [0.2, 0.25) is 0 Å². The first-order valence-electron chi connectivity index (χ1n) is 9.40. The van der Waals surface area contributed by atoms with Crippen LogP contribution < -0.4 is 0 Å². The number of fused-ring (bicyclic) bond motifs is 1. The summed E-state index contributed by atoms with van der Waals surface area (Å²) < 4.78 is 42.2. The molecule has 0 unspecified atom stereocenters. The number of aromatic nitrogens is 1. The van der Waals surface area contributed by atoms with E-state index in [1.165, 1.54) is 30.0 Å². The van der Waals surface area contributed by atoms with Gasteiger partial charge in [-0.15, -0.1) is 0 Å². The van der Waals surface area contributed by atoms with Gasteiger partial charge < -0.3 is 9.64 Å². The van der Waals surface area contributed by atoms with Crippen LogP contribution >= 0.6 is 0 Å². The Labute approximate surface area is 168 Å². The number of carbonyl (C=O) groups is 2. The SMILES string of the molecule is CCN(C(=O)[C@@H](C)OC(=O)c1cc2ccc(F)cc2nc1C)[C@@H]1CCS(=O)(=O)C1. The summed E-state index contributed by atoms with van der Waals surface area (Å²) in [5.41, 5.74) is 0.972. The smallest absolute Gasteiger partial charge is 0.340 e. The quantitative estimate of drug-likeness (QED) is 0.686. The first-order chi connectivity index (χ1) is 13.6. The Morgan fingerprint density at radius 1 is 1.34 bits per heavy atom. The van der Waals surface area contributed by atoms with Crippen LogP contribution in [0.25, 0.3) is 10.9 Å². The van der Waals surface area contributed by atoms with Gasteiger partial charge in [0.1, 0.15) is 5.82 Å². The Kier molecular flexibility index (Phi) is 5.88. The summed E-state index contributed by atoms with van der Waals surface area (Å²) in [4.78, 5) is 31.1. The Morgan fingerprint density at radius 2 is 2.07 bits per heavy atom. The summed E-state index contributed by atoms with van der Waals surface area (Å²) in [7, 11) is -3.14. The molecule has 1 fully saturated rings. The highest BCUT2D eigenvalue weighted by atomic mass is 32.2. The highest BCUT2D eigenvalue weighted by molar-refractivity contribution is 7.91. The van der Waals surface area contributed by atoms with Gasteiger partial charge in [0.2, 0.25) is 0 Å². The number of halogens is 1. The normalized spacial score (nSPS) is 19.1. The maximum Gasteiger partial charge on any atom is 0.340 e. The summed E-state index contributed by atoms with van der Waals surface area (Å²) in [6.45, 7) is 5.15. The van der Waals surface area contributed by atoms with Gasteiger partial charge in [-0.25, -0.2) is 17.6 Å². The number of pyridine rings is 1. The van der Waals surface area contributed by atoms with Crippen LogP contribution in [-0.4, -0.2) is 60.4 Å². The zero-order valence-electron chi connectivity index (χ0n) is 16.5. The Balaban J connectivity index is 1.75. The maximum atomic E-state index is 13.4. The van der Waals surface area contributed by atoms with E-state index in [0.29, 0.717) is 29.6 Å². The molecule has 1 aromatic heterocycles. The summed E-state index contributed by atoms with van der Waals surface area (Å²) >= 11 is 0. The van der Waals surface area contributed by atoms with Crippen LogP contribution in [0.15, 0.2) is 24.3 Å². The van der Waals surface area contributed by atoms with Crippen molar-refractivity contribution in [2.45, 2.75) is 39.3 Å². The number of amides is 1. The monoisotopic (exact) mass is 422 g/mol. The number of aryl methyl sites for hydroxylation is 1. The second kappa shape index (κ2) is 8.06. The highest BCUT2D eigenvalue weighted by Crippen LogP contribution is 2.21. The van der Waals surface area contributed by atoms with Crippen molar-refractivity contribution < 1.29 is 27.1 Å². The predicted octanol–water partition coefficient (Wildman–Crippen LogP) is 2.26. The lowest BCUT2D eigenvalue weighted by atomic mass is 10.1. The number of carbonyl (C=O) groups excluding carboxylic acids is 2. The number of likely N-dealkylation sites (N-methyl/N-ethyl adjacent to an activating group) is 1. The second-order valence-electron chi connectivity index (χ2n) is 7.19. The van der Waals surface area contributed by atoms with E-state index in [0.717, 1.165) is 0 Å². The van der Waals surface area contributed by atoms with E-state index in [-0.39, 0.29) is 17.1 Å². The molecule has 0 N–H and O–H groups in total. The molecule has 2 heterocycles. The molecule has 2 atom stereocenters. The van der Waals surface area contributed by atoms with Crippen molar-refractivity contribution in [3.8, 4) is 0 Å². The molecule has 0 saturated carbocycles. The number of benzene rings is 1. The summed E-state index contributed by atoms with van der Waals surface area (Å²) in [6, 6.07) is 5.21. The second-order valence-corrected chi connectivity index (χ2v) is 9.42. The number of nitrogens with zero attached hydrogens (tertiary/aromatic N) is 2. The van der Waals surface area contributed by atoms with Gasteiger partial charge in [0.25, 0.3) is 5.91 Å². The molecule has 9 heteroatoms. The van der Waals surface area contributed by atoms with Crippen molar-refractivity contribution in [3.05, 3.63) is 41.3 Å². The lowest BCUT2D eigenvalue weighted by molar-refractivity contribution is -0.141. The van der Waals surface area contributed by atoms with Crippen LogP contribution in [0.4, 0.5) is 4.39 Å². The van der Waals surface area contributed by atoms with Crippen LogP contribution in [0.3, 0.4) is 0 Å². The number of sulfone groups is 1. The first kappa shape index (κ1) is 21.2. The van der Waals surface area contributed by atoms with E-state index in [4.69, 9.17) is 4.74 Å². The molecule has 3 rings (SSSR count). The van der Waals surface area contributed by atoms with Gasteiger partial charge in [-0.2, -0.15) is 0 Å². The molecular weight excluding hydrogens is 399 g/mol. The van der Waals surface area contributed by atoms with Gasteiger partial charge in [-0.3, -0.25) is 9.78 Å². The fraction of sp³-hybridized carbons (Fsp3) is 0.450. The van der Waals surface area contributed by atoms with Crippen molar-refractivity contribution in [1.82, 2.24) is 9.88 Å². The van der Waals surface area contributed by atoms with E-state index in [9.17, 15) is 22.4 Å². The maximum absolute atomic E-state index is 13.4.